The number of unbranched alkanes of at least 4 members (excludes halogenated alkanes) is 7. The van der Waals surface area contributed by atoms with Gasteiger partial charge in [-0.1, -0.05) is 64.9 Å². The number of carbonyl (C=O) groups is 2. The molecule has 0 aromatic heterocycles. The number of benzene rings is 1. The van der Waals surface area contributed by atoms with Crippen LogP contribution in [0.2, 0.25) is 0 Å². The maximum atomic E-state index is 12.1. The first kappa shape index (κ1) is 21.2. The van der Waals surface area contributed by atoms with E-state index in [9.17, 15) is 14.7 Å². The summed E-state index contributed by atoms with van der Waals surface area (Å²) in [6.45, 7) is 4.61. The van der Waals surface area contributed by atoms with Crippen LogP contribution in [0.15, 0.2) is 18.2 Å². The zero-order valence-corrected chi connectivity index (χ0v) is 15.7. The van der Waals surface area contributed by atoms with Gasteiger partial charge in [0.1, 0.15) is 0 Å². The molecule has 0 aliphatic rings. The molecule has 0 heterocycles. The van der Waals surface area contributed by atoms with E-state index in [1.807, 2.05) is 6.07 Å². The van der Waals surface area contributed by atoms with Crippen LogP contribution in [0.25, 0.3) is 0 Å². The van der Waals surface area contributed by atoms with Crippen molar-refractivity contribution in [1.82, 2.24) is 0 Å². The predicted octanol–water partition coefficient (Wildman–Crippen LogP) is 5.63. The zero-order valence-electron chi connectivity index (χ0n) is 15.7. The van der Waals surface area contributed by atoms with E-state index in [1.165, 1.54) is 25.7 Å². The predicted molar refractivity (Wildman–Crippen MR) is 100 cm³/mol. The minimum absolute atomic E-state index is 0.0453. The number of hydrogen-bond donors (Lipinski definition) is 1. The molecule has 0 radical (unpaired) electrons. The van der Waals surface area contributed by atoms with Crippen molar-refractivity contribution >= 4 is 11.9 Å². The minimum atomic E-state index is -1.08. The number of hydrogen-bond acceptors (Lipinski definition) is 3. The van der Waals surface area contributed by atoms with Gasteiger partial charge in [-0.05, 0) is 37.0 Å². The average Bonchev–Trinajstić information content (AvgIpc) is 2.61. The number of rotatable bonds is 13. The fourth-order valence-corrected chi connectivity index (χ4v) is 2.81. The molecule has 4 nitrogen and oxygen atoms in total. The monoisotopic (exact) mass is 348 g/mol. The summed E-state index contributed by atoms with van der Waals surface area (Å²) < 4.78 is 5.19. The Kier molecular flexibility index (Phi) is 10.6. The lowest BCUT2D eigenvalue weighted by atomic mass is 9.99. The molecule has 1 rings (SSSR count). The normalized spacial score (nSPS) is 10.6. The van der Waals surface area contributed by atoms with E-state index in [1.54, 1.807) is 12.1 Å². The maximum absolute atomic E-state index is 12.1. The number of carboxylic acids is 1. The number of carboxylic acid groups (broad SMARTS) is 1. The molecular formula is C21H32O4. The van der Waals surface area contributed by atoms with Crippen LogP contribution in [0.4, 0.5) is 0 Å². The zero-order chi connectivity index (χ0) is 18.5. The summed E-state index contributed by atoms with van der Waals surface area (Å²) >= 11 is 0. The molecule has 0 bridgehead atoms. The van der Waals surface area contributed by atoms with Crippen molar-refractivity contribution < 1.29 is 19.4 Å². The molecule has 0 amide bonds. The van der Waals surface area contributed by atoms with Crippen molar-refractivity contribution in [2.75, 3.05) is 6.61 Å². The molecule has 1 aromatic rings. The minimum Gasteiger partial charge on any atom is -0.478 e. The van der Waals surface area contributed by atoms with Crippen molar-refractivity contribution in [3.05, 3.63) is 34.9 Å². The molecule has 0 unspecified atom stereocenters. The van der Waals surface area contributed by atoms with Gasteiger partial charge in [0.2, 0.25) is 0 Å². The fourth-order valence-electron chi connectivity index (χ4n) is 2.81. The summed E-state index contributed by atoms with van der Waals surface area (Å²) in [7, 11) is 0. The summed E-state index contributed by atoms with van der Waals surface area (Å²) in [4.78, 5) is 23.6. The van der Waals surface area contributed by atoms with Crippen molar-refractivity contribution in [2.24, 2.45) is 0 Å². The van der Waals surface area contributed by atoms with Gasteiger partial charge < -0.3 is 9.84 Å². The van der Waals surface area contributed by atoms with Gasteiger partial charge in [0.25, 0.3) is 0 Å². The molecule has 0 atom stereocenters. The third kappa shape index (κ3) is 8.19. The van der Waals surface area contributed by atoms with Gasteiger partial charge in [0, 0.05) is 0 Å². The van der Waals surface area contributed by atoms with Gasteiger partial charge in [-0.2, -0.15) is 0 Å². The summed E-state index contributed by atoms with van der Waals surface area (Å²) in [5, 5.41) is 9.41. The van der Waals surface area contributed by atoms with Crippen LogP contribution in [0.5, 0.6) is 0 Å². The lowest BCUT2D eigenvalue weighted by Crippen LogP contribution is -2.13. The van der Waals surface area contributed by atoms with Gasteiger partial charge in [0.15, 0.2) is 0 Å². The van der Waals surface area contributed by atoms with Crippen LogP contribution in [-0.4, -0.2) is 23.7 Å². The Morgan fingerprint density at radius 2 is 1.52 bits per heavy atom. The Bertz CT molecular complexity index is 537. The summed E-state index contributed by atoms with van der Waals surface area (Å²) in [6, 6.07) is 5.07. The van der Waals surface area contributed by atoms with Crippen LogP contribution >= 0.6 is 0 Å². The highest BCUT2D eigenvalue weighted by Crippen LogP contribution is 2.17. The highest BCUT2D eigenvalue weighted by molar-refractivity contribution is 6.02. The number of ether oxygens (including phenoxy) is 1. The van der Waals surface area contributed by atoms with Crippen molar-refractivity contribution in [3.8, 4) is 0 Å². The lowest BCUT2D eigenvalue weighted by Gasteiger charge is -2.09. The number of esters is 1. The van der Waals surface area contributed by atoms with E-state index in [4.69, 9.17) is 4.74 Å². The molecule has 1 aromatic carbocycles. The first-order valence-electron chi connectivity index (χ1n) is 9.63. The van der Waals surface area contributed by atoms with Crippen molar-refractivity contribution in [2.45, 2.75) is 78.1 Å². The average molecular weight is 348 g/mol. The fraction of sp³-hybridized carbons (Fsp3) is 0.619. The van der Waals surface area contributed by atoms with Crippen LogP contribution in [0.1, 0.15) is 97.9 Å². The van der Waals surface area contributed by atoms with E-state index in [0.29, 0.717) is 6.61 Å². The Morgan fingerprint density at radius 1 is 0.880 bits per heavy atom. The number of aromatic carboxylic acids is 1. The molecular weight excluding hydrogens is 316 g/mol. The summed E-state index contributed by atoms with van der Waals surface area (Å²) in [5.41, 5.74) is 1.16. The van der Waals surface area contributed by atoms with Crippen LogP contribution in [0, 0.1) is 0 Å². The first-order valence-corrected chi connectivity index (χ1v) is 9.63. The van der Waals surface area contributed by atoms with Gasteiger partial charge in [-0.15, -0.1) is 0 Å². The van der Waals surface area contributed by atoms with Crippen molar-refractivity contribution in [3.63, 3.8) is 0 Å². The second kappa shape index (κ2) is 12.5. The molecule has 0 saturated carbocycles. The quantitative estimate of drug-likeness (QED) is 0.370. The van der Waals surface area contributed by atoms with E-state index < -0.39 is 11.9 Å². The molecule has 4 heteroatoms. The molecule has 0 fully saturated rings. The topological polar surface area (TPSA) is 63.6 Å². The van der Waals surface area contributed by atoms with Gasteiger partial charge in [-0.3, -0.25) is 0 Å². The molecule has 0 spiro atoms. The Labute approximate surface area is 151 Å². The second-order valence-corrected chi connectivity index (χ2v) is 6.55. The summed E-state index contributed by atoms with van der Waals surface area (Å²) in [5.74, 6) is -1.62. The summed E-state index contributed by atoms with van der Waals surface area (Å²) in [6.07, 6.45) is 10.9. The van der Waals surface area contributed by atoms with Crippen LogP contribution in [-0.2, 0) is 11.2 Å². The van der Waals surface area contributed by atoms with Crippen molar-refractivity contribution in [1.29, 1.82) is 0 Å². The van der Waals surface area contributed by atoms with E-state index >= 15 is 0 Å². The molecule has 1 N–H and O–H groups in total. The molecule has 25 heavy (non-hydrogen) atoms. The highest BCUT2D eigenvalue weighted by Gasteiger charge is 2.18. The molecule has 140 valence electrons. The Morgan fingerprint density at radius 3 is 2.20 bits per heavy atom. The second-order valence-electron chi connectivity index (χ2n) is 6.55. The van der Waals surface area contributed by atoms with Gasteiger partial charge >= 0.3 is 11.9 Å². The molecule has 0 aliphatic heterocycles. The van der Waals surface area contributed by atoms with E-state index in [2.05, 4.69) is 13.8 Å². The van der Waals surface area contributed by atoms with Crippen LogP contribution < -0.4 is 0 Å². The van der Waals surface area contributed by atoms with Crippen LogP contribution in [0.3, 0.4) is 0 Å². The standard InChI is InChI=1S/C21H32O4/c1-3-5-7-8-9-10-12-17-13-14-18(19(16-17)20(22)23)21(24)25-15-11-6-4-2/h13-14,16H,3-12,15H2,1-2H3,(H,22,23). The lowest BCUT2D eigenvalue weighted by molar-refractivity contribution is 0.0488. The highest BCUT2D eigenvalue weighted by atomic mass is 16.5. The Balaban J connectivity index is 2.60. The number of aryl methyl sites for hydroxylation is 1. The van der Waals surface area contributed by atoms with E-state index in [0.717, 1.165) is 44.1 Å². The smallest absolute Gasteiger partial charge is 0.339 e. The van der Waals surface area contributed by atoms with E-state index in [-0.39, 0.29) is 11.1 Å². The van der Waals surface area contributed by atoms with Gasteiger partial charge in [0.05, 0.1) is 17.7 Å². The molecule has 0 saturated heterocycles. The largest absolute Gasteiger partial charge is 0.478 e. The number of carbonyl (C=O) groups excluding carboxylic acids is 1. The maximum Gasteiger partial charge on any atom is 0.339 e. The Hall–Kier alpha value is -1.84. The third-order valence-electron chi connectivity index (χ3n) is 4.33. The first-order chi connectivity index (χ1) is 12.1. The van der Waals surface area contributed by atoms with Gasteiger partial charge in [-0.25, -0.2) is 9.59 Å². The molecule has 0 aliphatic carbocycles. The SMILES string of the molecule is CCCCCCCCc1ccc(C(=O)OCCCCC)c(C(=O)O)c1. The third-order valence-corrected chi connectivity index (χ3v) is 4.33.